The Hall–Kier alpha value is -2.93. The molecule has 0 spiro atoms. The summed E-state index contributed by atoms with van der Waals surface area (Å²) in [7, 11) is 1.46. The van der Waals surface area contributed by atoms with E-state index in [0.29, 0.717) is 22.2 Å². The molecule has 30 heavy (non-hydrogen) atoms. The number of nitrogens with zero attached hydrogens (tertiary/aromatic N) is 1. The quantitative estimate of drug-likeness (QED) is 0.240. The maximum Gasteiger partial charge on any atom is 0.336 e. The maximum atomic E-state index is 12.2. The number of carbonyl (C=O) groups excluding carboxylic acids is 1. The summed E-state index contributed by atoms with van der Waals surface area (Å²) in [4.78, 5) is 27.9. The second-order valence-corrected chi connectivity index (χ2v) is 7.50. The molecule has 2 rings (SSSR count). The van der Waals surface area contributed by atoms with Crippen molar-refractivity contribution in [2.45, 2.75) is 26.3 Å². The fraction of sp³-hybridized carbons (Fsp3) is 0.261. The summed E-state index contributed by atoms with van der Waals surface area (Å²) in [5, 5.41) is 9.37. The number of halogens is 1. The molecule has 2 unspecified atom stereocenters. The number of carboxylic acids is 1. The number of esters is 1. The first-order valence-electron chi connectivity index (χ1n) is 9.44. The monoisotopic (exact) mass is 473 g/mol. The lowest BCUT2D eigenvalue weighted by molar-refractivity contribution is -0.139. The minimum atomic E-state index is -0.970. The SMILES string of the molecule is CCC(C)C(/N=C/c1cc(Br)c(OC(=O)/C=C/c2ccccc2)c(OC)c1)C(=O)O. The standard InChI is InChI=1S/C23H24BrNO5/c1-4-15(2)21(23(27)28)25-14-17-12-18(24)22(19(13-17)29-3)30-20(26)11-10-16-8-6-5-7-9-16/h5-15,21H,4H2,1-3H3,(H,27,28)/b11-10+,25-14+. The number of carboxylic acid groups (broad SMARTS) is 1. The lowest BCUT2D eigenvalue weighted by atomic mass is 10.00. The van der Waals surface area contributed by atoms with Crippen molar-refractivity contribution in [3.8, 4) is 11.5 Å². The van der Waals surface area contributed by atoms with E-state index in [1.54, 1.807) is 18.2 Å². The van der Waals surface area contributed by atoms with Gasteiger partial charge in [0.05, 0.1) is 11.6 Å². The topological polar surface area (TPSA) is 85.2 Å². The minimum absolute atomic E-state index is 0.0966. The molecule has 0 fully saturated rings. The van der Waals surface area contributed by atoms with E-state index in [2.05, 4.69) is 20.9 Å². The van der Waals surface area contributed by atoms with Crippen molar-refractivity contribution in [3.63, 3.8) is 0 Å². The van der Waals surface area contributed by atoms with Gasteiger partial charge in [0.15, 0.2) is 11.5 Å². The van der Waals surface area contributed by atoms with Crippen LogP contribution in [0.15, 0.2) is 58.0 Å². The number of rotatable bonds is 9. The zero-order valence-corrected chi connectivity index (χ0v) is 18.6. The van der Waals surface area contributed by atoms with Crippen LogP contribution in [0.1, 0.15) is 31.4 Å². The van der Waals surface area contributed by atoms with Crippen molar-refractivity contribution in [2.75, 3.05) is 7.11 Å². The number of hydrogen-bond donors (Lipinski definition) is 1. The van der Waals surface area contributed by atoms with Crippen LogP contribution in [-0.4, -0.2) is 36.4 Å². The van der Waals surface area contributed by atoms with E-state index < -0.39 is 18.0 Å². The Bertz CT molecular complexity index is 940. The highest BCUT2D eigenvalue weighted by atomic mass is 79.9. The second-order valence-electron chi connectivity index (χ2n) is 6.65. The predicted molar refractivity (Wildman–Crippen MR) is 120 cm³/mol. The van der Waals surface area contributed by atoms with E-state index in [0.717, 1.165) is 5.56 Å². The molecule has 0 aliphatic rings. The van der Waals surface area contributed by atoms with Crippen molar-refractivity contribution < 1.29 is 24.2 Å². The Morgan fingerprint density at radius 3 is 2.50 bits per heavy atom. The molecule has 0 saturated heterocycles. The molecule has 2 atom stereocenters. The third kappa shape index (κ3) is 6.56. The molecule has 2 aromatic rings. The zero-order chi connectivity index (χ0) is 22.1. The Morgan fingerprint density at radius 1 is 1.20 bits per heavy atom. The molecule has 0 amide bonds. The van der Waals surface area contributed by atoms with Crippen molar-refractivity contribution >= 4 is 40.2 Å². The second kappa shape index (κ2) is 11.3. The summed E-state index contributed by atoms with van der Waals surface area (Å²) in [5.41, 5.74) is 1.49. The summed E-state index contributed by atoms with van der Waals surface area (Å²) >= 11 is 3.38. The highest BCUT2D eigenvalue weighted by Gasteiger charge is 2.22. The van der Waals surface area contributed by atoms with Crippen LogP contribution >= 0.6 is 15.9 Å². The molecular formula is C23H24BrNO5. The summed E-state index contributed by atoms with van der Waals surface area (Å²) in [6, 6.07) is 11.9. The fourth-order valence-corrected chi connectivity index (χ4v) is 3.16. The molecule has 2 aromatic carbocycles. The van der Waals surface area contributed by atoms with Gasteiger partial charge in [0.2, 0.25) is 0 Å². The minimum Gasteiger partial charge on any atom is -0.493 e. The van der Waals surface area contributed by atoms with E-state index in [-0.39, 0.29) is 11.7 Å². The fourth-order valence-electron chi connectivity index (χ4n) is 2.62. The van der Waals surface area contributed by atoms with Crippen LogP contribution in [0.3, 0.4) is 0 Å². The summed E-state index contributed by atoms with van der Waals surface area (Å²) in [6.07, 6.45) is 5.18. The first-order valence-corrected chi connectivity index (χ1v) is 10.2. The number of methoxy groups -OCH3 is 1. The molecule has 0 saturated carbocycles. The van der Waals surface area contributed by atoms with Crippen molar-refractivity contribution in [1.82, 2.24) is 0 Å². The van der Waals surface area contributed by atoms with E-state index in [1.165, 1.54) is 19.4 Å². The van der Waals surface area contributed by atoms with Gasteiger partial charge in [-0.3, -0.25) is 4.99 Å². The van der Waals surface area contributed by atoms with Gasteiger partial charge < -0.3 is 14.6 Å². The highest BCUT2D eigenvalue weighted by Crippen LogP contribution is 2.36. The molecule has 0 aromatic heterocycles. The van der Waals surface area contributed by atoms with E-state index >= 15 is 0 Å². The van der Waals surface area contributed by atoms with Crippen LogP contribution in [0.2, 0.25) is 0 Å². The lowest BCUT2D eigenvalue weighted by Crippen LogP contribution is -2.25. The zero-order valence-electron chi connectivity index (χ0n) is 17.0. The van der Waals surface area contributed by atoms with Gasteiger partial charge in [-0.15, -0.1) is 0 Å². The Morgan fingerprint density at radius 2 is 1.90 bits per heavy atom. The number of carbonyl (C=O) groups is 2. The molecule has 0 heterocycles. The van der Waals surface area contributed by atoms with Crippen LogP contribution < -0.4 is 9.47 Å². The number of aliphatic imine (C=N–C) groups is 1. The van der Waals surface area contributed by atoms with Gasteiger partial charge in [0.1, 0.15) is 6.04 Å². The molecular weight excluding hydrogens is 450 g/mol. The van der Waals surface area contributed by atoms with Gasteiger partial charge >= 0.3 is 11.9 Å². The molecule has 0 bridgehead atoms. The highest BCUT2D eigenvalue weighted by molar-refractivity contribution is 9.10. The smallest absolute Gasteiger partial charge is 0.336 e. The Labute approximate surface area is 184 Å². The summed E-state index contributed by atoms with van der Waals surface area (Å²) < 4.78 is 11.3. The molecule has 0 radical (unpaired) electrons. The molecule has 0 aliphatic carbocycles. The molecule has 1 N–H and O–H groups in total. The Balaban J connectivity index is 2.21. The predicted octanol–water partition coefficient (Wildman–Crippen LogP) is 4.99. The van der Waals surface area contributed by atoms with Gasteiger partial charge in [-0.25, -0.2) is 9.59 Å². The molecule has 158 valence electrons. The maximum absolute atomic E-state index is 12.2. The van der Waals surface area contributed by atoms with E-state index in [9.17, 15) is 14.7 Å². The first kappa shape index (κ1) is 23.3. The van der Waals surface area contributed by atoms with Gasteiger partial charge in [-0.2, -0.15) is 0 Å². The van der Waals surface area contributed by atoms with Crippen molar-refractivity contribution in [3.05, 3.63) is 64.1 Å². The third-order valence-electron chi connectivity index (χ3n) is 4.49. The summed E-state index contributed by atoms with van der Waals surface area (Å²) in [6.45, 7) is 3.77. The van der Waals surface area contributed by atoms with Crippen LogP contribution in [-0.2, 0) is 9.59 Å². The van der Waals surface area contributed by atoms with Crippen LogP contribution in [0.4, 0.5) is 0 Å². The number of ether oxygens (including phenoxy) is 2. The average molecular weight is 474 g/mol. The third-order valence-corrected chi connectivity index (χ3v) is 5.08. The largest absolute Gasteiger partial charge is 0.493 e. The van der Waals surface area contributed by atoms with Gasteiger partial charge in [-0.05, 0) is 51.2 Å². The van der Waals surface area contributed by atoms with Gasteiger partial charge in [0, 0.05) is 12.3 Å². The van der Waals surface area contributed by atoms with Crippen molar-refractivity contribution in [2.24, 2.45) is 10.9 Å². The van der Waals surface area contributed by atoms with E-state index in [1.807, 2.05) is 44.2 Å². The number of aliphatic carboxylic acids is 1. The lowest BCUT2D eigenvalue weighted by Gasteiger charge is -2.14. The van der Waals surface area contributed by atoms with Gasteiger partial charge in [-0.1, -0.05) is 50.6 Å². The molecule has 7 heteroatoms. The first-order chi connectivity index (χ1) is 14.3. The summed E-state index contributed by atoms with van der Waals surface area (Å²) in [5.74, 6) is -1.07. The molecule has 6 nitrogen and oxygen atoms in total. The number of benzene rings is 2. The average Bonchev–Trinajstić information content (AvgIpc) is 2.74. The Kier molecular flexibility index (Phi) is 8.80. The molecule has 0 aliphatic heterocycles. The van der Waals surface area contributed by atoms with E-state index in [4.69, 9.17) is 9.47 Å². The van der Waals surface area contributed by atoms with Crippen LogP contribution in [0, 0.1) is 5.92 Å². The van der Waals surface area contributed by atoms with Gasteiger partial charge in [0.25, 0.3) is 0 Å². The van der Waals surface area contributed by atoms with Crippen LogP contribution in [0.5, 0.6) is 11.5 Å². The number of hydrogen-bond acceptors (Lipinski definition) is 5. The normalized spacial score (nSPS) is 13.3. The van der Waals surface area contributed by atoms with Crippen LogP contribution in [0.25, 0.3) is 6.08 Å². The van der Waals surface area contributed by atoms with Crippen molar-refractivity contribution in [1.29, 1.82) is 0 Å².